The number of nitrogens with zero attached hydrogens (tertiary/aromatic N) is 1. The van der Waals surface area contributed by atoms with Gasteiger partial charge in [-0.05, 0) is 30.3 Å². The predicted octanol–water partition coefficient (Wildman–Crippen LogP) is 2.95. The predicted molar refractivity (Wildman–Crippen MR) is 127 cm³/mol. The van der Waals surface area contributed by atoms with Crippen LogP contribution < -0.4 is 10.1 Å². The standard InChI is InChI=1S/C27H22N2O6/c30-23(16-35-18-10-8-17(9-11-18)27(33)29-12-14-34-15-13-29)28-22-7-3-6-21-24(22)26(32)20-5-2-1-4-19(20)25(21)31/h1-11H,12-16H2,(H,28,30). The molecule has 8 heteroatoms. The van der Waals surface area contributed by atoms with E-state index in [0.29, 0.717) is 48.7 Å². The van der Waals surface area contributed by atoms with Gasteiger partial charge >= 0.3 is 0 Å². The number of hydrogen-bond donors (Lipinski definition) is 1. The normalized spacial score (nSPS) is 14.7. The van der Waals surface area contributed by atoms with Crippen LogP contribution in [-0.4, -0.2) is 61.2 Å². The number of ketones is 2. The van der Waals surface area contributed by atoms with Gasteiger partial charge in [-0.2, -0.15) is 0 Å². The van der Waals surface area contributed by atoms with E-state index in [2.05, 4.69) is 5.32 Å². The van der Waals surface area contributed by atoms with E-state index in [-0.39, 0.29) is 40.9 Å². The average molecular weight is 470 g/mol. The fourth-order valence-electron chi connectivity index (χ4n) is 4.23. The summed E-state index contributed by atoms with van der Waals surface area (Å²) in [6.07, 6.45) is 0. The summed E-state index contributed by atoms with van der Waals surface area (Å²) in [4.78, 5) is 52.8. The number of fused-ring (bicyclic) bond motifs is 2. The Bertz CT molecular complexity index is 1330. The second kappa shape index (κ2) is 9.52. The lowest BCUT2D eigenvalue weighted by molar-refractivity contribution is -0.118. The number of ether oxygens (including phenoxy) is 2. The van der Waals surface area contributed by atoms with E-state index in [4.69, 9.17) is 9.47 Å². The minimum atomic E-state index is -0.481. The lowest BCUT2D eigenvalue weighted by Crippen LogP contribution is -2.40. The summed E-state index contributed by atoms with van der Waals surface area (Å²) in [6.45, 7) is 1.86. The van der Waals surface area contributed by atoms with E-state index in [9.17, 15) is 19.2 Å². The lowest BCUT2D eigenvalue weighted by atomic mass is 9.83. The van der Waals surface area contributed by atoms with Crippen molar-refractivity contribution >= 4 is 29.1 Å². The van der Waals surface area contributed by atoms with Gasteiger partial charge in [0.25, 0.3) is 11.8 Å². The summed E-state index contributed by atoms with van der Waals surface area (Å²) in [5.74, 6) is -0.700. The first-order valence-corrected chi connectivity index (χ1v) is 11.2. The van der Waals surface area contributed by atoms with Crippen LogP contribution in [0.5, 0.6) is 5.75 Å². The molecule has 1 aliphatic carbocycles. The summed E-state index contributed by atoms with van der Waals surface area (Å²) in [5, 5.41) is 2.69. The van der Waals surface area contributed by atoms with Crippen molar-refractivity contribution in [3.8, 4) is 5.75 Å². The molecule has 2 amide bonds. The fourth-order valence-corrected chi connectivity index (χ4v) is 4.23. The molecule has 0 saturated carbocycles. The smallest absolute Gasteiger partial charge is 0.262 e. The molecule has 35 heavy (non-hydrogen) atoms. The molecule has 176 valence electrons. The topological polar surface area (TPSA) is 102 Å². The molecular weight excluding hydrogens is 448 g/mol. The largest absolute Gasteiger partial charge is 0.484 e. The molecule has 0 radical (unpaired) electrons. The van der Waals surface area contributed by atoms with Crippen molar-refractivity contribution in [3.05, 3.63) is 94.5 Å². The number of carbonyl (C=O) groups is 4. The highest BCUT2D eigenvalue weighted by molar-refractivity contribution is 6.30. The number of rotatable bonds is 5. The third-order valence-corrected chi connectivity index (χ3v) is 6.00. The molecule has 0 spiro atoms. The maximum Gasteiger partial charge on any atom is 0.262 e. The third-order valence-electron chi connectivity index (χ3n) is 6.00. The first-order valence-electron chi connectivity index (χ1n) is 11.2. The second-order valence-electron chi connectivity index (χ2n) is 8.20. The molecule has 1 aliphatic heterocycles. The summed E-state index contributed by atoms with van der Waals surface area (Å²) >= 11 is 0. The van der Waals surface area contributed by atoms with Crippen molar-refractivity contribution in [1.29, 1.82) is 0 Å². The Hall–Kier alpha value is -4.30. The molecule has 3 aromatic rings. The first kappa shape index (κ1) is 22.5. The molecular formula is C27H22N2O6. The van der Waals surface area contributed by atoms with Crippen molar-refractivity contribution in [3.63, 3.8) is 0 Å². The van der Waals surface area contributed by atoms with Gasteiger partial charge < -0.3 is 19.7 Å². The van der Waals surface area contributed by atoms with E-state index in [1.54, 1.807) is 71.6 Å². The highest BCUT2D eigenvalue weighted by atomic mass is 16.5. The Morgan fingerprint density at radius 3 is 2.20 bits per heavy atom. The number of amides is 2. The molecule has 8 nitrogen and oxygen atoms in total. The Morgan fingerprint density at radius 1 is 0.829 bits per heavy atom. The number of carbonyl (C=O) groups excluding carboxylic acids is 4. The van der Waals surface area contributed by atoms with Gasteiger partial charge in [-0.15, -0.1) is 0 Å². The minimum absolute atomic E-state index is 0.0766. The Balaban J connectivity index is 1.24. The van der Waals surface area contributed by atoms with Crippen LogP contribution in [-0.2, 0) is 9.53 Å². The van der Waals surface area contributed by atoms with Crippen LogP contribution in [0.25, 0.3) is 0 Å². The van der Waals surface area contributed by atoms with Crippen LogP contribution in [0, 0.1) is 0 Å². The molecule has 5 rings (SSSR count). The van der Waals surface area contributed by atoms with Gasteiger partial charge in [0, 0.05) is 35.3 Å². The van der Waals surface area contributed by atoms with Gasteiger partial charge in [0.2, 0.25) is 0 Å². The molecule has 1 N–H and O–H groups in total. The number of benzene rings is 3. The molecule has 0 unspecified atom stereocenters. The maximum absolute atomic E-state index is 13.1. The molecule has 0 atom stereocenters. The quantitative estimate of drug-likeness (QED) is 0.481. The van der Waals surface area contributed by atoms with E-state index in [1.165, 1.54) is 0 Å². The zero-order valence-corrected chi connectivity index (χ0v) is 18.8. The Labute approximate surface area is 201 Å². The number of hydrogen-bond acceptors (Lipinski definition) is 6. The van der Waals surface area contributed by atoms with Crippen LogP contribution >= 0.6 is 0 Å². The highest BCUT2D eigenvalue weighted by Gasteiger charge is 2.31. The van der Waals surface area contributed by atoms with Gasteiger partial charge in [0.05, 0.1) is 24.5 Å². The summed E-state index contributed by atoms with van der Waals surface area (Å²) in [6, 6.07) is 18.0. The van der Waals surface area contributed by atoms with Gasteiger partial charge in [0.15, 0.2) is 18.2 Å². The van der Waals surface area contributed by atoms with E-state index in [1.807, 2.05) is 0 Å². The zero-order valence-electron chi connectivity index (χ0n) is 18.8. The first-order chi connectivity index (χ1) is 17.0. The van der Waals surface area contributed by atoms with E-state index < -0.39 is 5.91 Å². The molecule has 1 heterocycles. The Morgan fingerprint density at radius 2 is 1.49 bits per heavy atom. The molecule has 1 fully saturated rings. The van der Waals surface area contributed by atoms with Gasteiger partial charge in [-0.25, -0.2) is 0 Å². The van der Waals surface area contributed by atoms with E-state index >= 15 is 0 Å². The maximum atomic E-state index is 13.1. The van der Waals surface area contributed by atoms with Crippen LogP contribution in [0.4, 0.5) is 5.69 Å². The van der Waals surface area contributed by atoms with Crippen LogP contribution in [0.15, 0.2) is 66.7 Å². The van der Waals surface area contributed by atoms with Crippen LogP contribution in [0.1, 0.15) is 42.2 Å². The average Bonchev–Trinajstić information content (AvgIpc) is 2.91. The molecule has 0 aromatic heterocycles. The minimum Gasteiger partial charge on any atom is -0.484 e. The van der Waals surface area contributed by atoms with Gasteiger partial charge in [-0.1, -0.05) is 36.4 Å². The van der Waals surface area contributed by atoms with Crippen molar-refractivity contribution in [2.45, 2.75) is 0 Å². The van der Waals surface area contributed by atoms with Gasteiger partial charge in [-0.3, -0.25) is 19.2 Å². The SMILES string of the molecule is O=C(COc1ccc(C(=O)N2CCOCC2)cc1)Nc1cccc2c1C(=O)c1ccccc1C2=O. The number of anilines is 1. The van der Waals surface area contributed by atoms with Crippen LogP contribution in [0.2, 0.25) is 0 Å². The number of nitrogens with one attached hydrogen (secondary N) is 1. The van der Waals surface area contributed by atoms with E-state index in [0.717, 1.165) is 0 Å². The monoisotopic (exact) mass is 470 g/mol. The Kier molecular flexibility index (Phi) is 6.12. The van der Waals surface area contributed by atoms with Gasteiger partial charge in [0.1, 0.15) is 5.75 Å². The summed E-state index contributed by atoms with van der Waals surface area (Å²) in [5.41, 5.74) is 1.89. The molecule has 0 bridgehead atoms. The van der Waals surface area contributed by atoms with Crippen molar-refractivity contribution in [2.24, 2.45) is 0 Å². The fraction of sp³-hybridized carbons (Fsp3) is 0.185. The third kappa shape index (κ3) is 4.43. The van der Waals surface area contributed by atoms with Crippen molar-refractivity contribution in [2.75, 3.05) is 38.2 Å². The zero-order chi connectivity index (χ0) is 24.4. The molecule has 1 saturated heterocycles. The molecule has 3 aromatic carbocycles. The summed E-state index contributed by atoms with van der Waals surface area (Å²) < 4.78 is 10.8. The highest BCUT2D eigenvalue weighted by Crippen LogP contribution is 2.31. The number of morpholine rings is 1. The lowest BCUT2D eigenvalue weighted by Gasteiger charge is -2.26. The molecule has 2 aliphatic rings. The van der Waals surface area contributed by atoms with Crippen molar-refractivity contribution in [1.82, 2.24) is 4.90 Å². The van der Waals surface area contributed by atoms with Crippen molar-refractivity contribution < 1.29 is 28.7 Å². The van der Waals surface area contributed by atoms with Crippen LogP contribution in [0.3, 0.4) is 0 Å². The second-order valence-corrected chi connectivity index (χ2v) is 8.20. The summed E-state index contributed by atoms with van der Waals surface area (Å²) in [7, 11) is 0.